The highest BCUT2D eigenvalue weighted by Gasteiger charge is 2.43. The van der Waals surface area contributed by atoms with Crippen LogP contribution in [0.4, 0.5) is 13.2 Å². The van der Waals surface area contributed by atoms with Gasteiger partial charge in [-0.05, 0) is 13.1 Å². The molecule has 0 fully saturated rings. The van der Waals surface area contributed by atoms with E-state index in [1.165, 1.54) is 14.2 Å². The standard InChI is InChI=1S/C13H16F3NO3/c1-17(11(7-12(18)19)13(14,15)16)8-9-5-3-4-6-10(9)20-2/h3-6,11H,7-8H2,1-2H3,(H,18,19). The molecule has 0 aliphatic rings. The number of aliphatic carboxylic acids is 1. The van der Waals surface area contributed by atoms with Crippen LogP contribution in [0.1, 0.15) is 12.0 Å². The van der Waals surface area contributed by atoms with Gasteiger partial charge in [0.15, 0.2) is 0 Å². The van der Waals surface area contributed by atoms with E-state index in [-0.39, 0.29) is 6.54 Å². The fourth-order valence-electron chi connectivity index (χ4n) is 1.90. The molecule has 7 heteroatoms. The maximum Gasteiger partial charge on any atom is 0.404 e. The monoisotopic (exact) mass is 291 g/mol. The van der Waals surface area contributed by atoms with E-state index in [0.29, 0.717) is 11.3 Å². The molecular formula is C13H16F3NO3. The maximum atomic E-state index is 12.9. The van der Waals surface area contributed by atoms with Crippen molar-refractivity contribution >= 4 is 5.97 Å². The topological polar surface area (TPSA) is 49.8 Å². The van der Waals surface area contributed by atoms with Crippen LogP contribution >= 0.6 is 0 Å². The first-order valence-corrected chi connectivity index (χ1v) is 5.86. The Kier molecular flexibility index (Phi) is 5.38. The molecule has 1 aromatic rings. The van der Waals surface area contributed by atoms with Crippen LogP contribution in [-0.4, -0.2) is 42.4 Å². The number of carboxylic acid groups (broad SMARTS) is 1. The van der Waals surface area contributed by atoms with E-state index in [4.69, 9.17) is 9.84 Å². The van der Waals surface area contributed by atoms with Gasteiger partial charge in [0.25, 0.3) is 0 Å². The van der Waals surface area contributed by atoms with Gasteiger partial charge in [-0.1, -0.05) is 18.2 Å². The summed E-state index contributed by atoms with van der Waals surface area (Å²) in [6.07, 6.45) is -5.59. The van der Waals surface area contributed by atoms with Crippen molar-refractivity contribution < 1.29 is 27.8 Å². The van der Waals surface area contributed by atoms with E-state index >= 15 is 0 Å². The van der Waals surface area contributed by atoms with Crippen LogP contribution in [0.2, 0.25) is 0 Å². The molecule has 1 atom stereocenters. The number of carboxylic acids is 1. The van der Waals surface area contributed by atoms with E-state index in [1.54, 1.807) is 24.3 Å². The first kappa shape index (κ1) is 16.3. The highest BCUT2D eigenvalue weighted by atomic mass is 19.4. The van der Waals surface area contributed by atoms with E-state index in [9.17, 15) is 18.0 Å². The number of benzene rings is 1. The minimum Gasteiger partial charge on any atom is -0.496 e. The van der Waals surface area contributed by atoms with E-state index < -0.39 is 24.6 Å². The second-order valence-corrected chi connectivity index (χ2v) is 4.38. The molecule has 0 aromatic heterocycles. The van der Waals surface area contributed by atoms with Crippen molar-refractivity contribution in [3.8, 4) is 5.75 Å². The number of hydrogen-bond donors (Lipinski definition) is 1. The normalized spacial score (nSPS) is 13.3. The summed E-state index contributed by atoms with van der Waals surface area (Å²) in [5.74, 6) is -1.02. The van der Waals surface area contributed by atoms with Gasteiger partial charge in [-0.25, -0.2) is 0 Å². The van der Waals surface area contributed by atoms with Crippen molar-refractivity contribution in [2.75, 3.05) is 14.2 Å². The maximum absolute atomic E-state index is 12.9. The third kappa shape index (κ3) is 4.41. The fourth-order valence-corrected chi connectivity index (χ4v) is 1.90. The van der Waals surface area contributed by atoms with Gasteiger partial charge in [-0.2, -0.15) is 13.2 Å². The van der Waals surface area contributed by atoms with Crippen LogP contribution in [0.5, 0.6) is 5.75 Å². The summed E-state index contributed by atoms with van der Waals surface area (Å²) in [5.41, 5.74) is 0.567. The zero-order valence-electron chi connectivity index (χ0n) is 11.1. The van der Waals surface area contributed by atoms with E-state index in [1.807, 2.05) is 0 Å². The molecule has 1 rings (SSSR count). The Morgan fingerprint density at radius 1 is 1.40 bits per heavy atom. The average molecular weight is 291 g/mol. The Morgan fingerprint density at radius 2 is 2.00 bits per heavy atom. The Morgan fingerprint density at radius 3 is 2.50 bits per heavy atom. The zero-order chi connectivity index (χ0) is 15.3. The second-order valence-electron chi connectivity index (χ2n) is 4.38. The van der Waals surface area contributed by atoms with Gasteiger partial charge < -0.3 is 9.84 Å². The molecule has 0 bridgehead atoms. The smallest absolute Gasteiger partial charge is 0.404 e. The van der Waals surface area contributed by atoms with Gasteiger partial charge in [0, 0.05) is 12.1 Å². The van der Waals surface area contributed by atoms with Gasteiger partial charge in [0.05, 0.1) is 13.5 Å². The number of nitrogens with zero attached hydrogens (tertiary/aromatic N) is 1. The lowest BCUT2D eigenvalue weighted by Gasteiger charge is -2.29. The summed E-state index contributed by atoms with van der Waals surface area (Å²) < 4.78 is 43.7. The largest absolute Gasteiger partial charge is 0.496 e. The van der Waals surface area contributed by atoms with Gasteiger partial charge in [-0.3, -0.25) is 9.69 Å². The van der Waals surface area contributed by atoms with Gasteiger partial charge in [0.1, 0.15) is 11.8 Å². The van der Waals surface area contributed by atoms with Crippen molar-refractivity contribution in [3.05, 3.63) is 29.8 Å². The molecule has 0 aliphatic carbocycles. The third-order valence-electron chi connectivity index (χ3n) is 2.89. The quantitative estimate of drug-likeness (QED) is 0.875. The molecular weight excluding hydrogens is 275 g/mol. The zero-order valence-corrected chi connectivity index (χ0v) is 11.1. The molecule has 4 nitrogen and oxygen atoms in total. The number of ether oxygens (including phenoxy) is 1. The lowest BCUT2D eigenvalue weighted by atomic mass is 10.1. The van der Waals surface area contributed by atoms with Crippen LogP contribution < -0.4 is 4.74 Å². The van der Waals surface area contributed by atoms with Crippen molar-refractivity contribution in [1.82, 2.24) is 4.90 Å². The van der Waals surface area contributed by atoms with Crippen molar-refractivity contribution in [2.24, 2.45) is 0 Å². The summed E-state index contributed by atoms with van der Waals surface area (Å²) in [4.78, 5) is 11.5. The minimum atomic E-state index is -4.60. The molecule has 0 aliphatic heterocycles. The Labute approximate surface area is 114 Å². The highest BCUT2D eigenvalue weighted by Crippen LogP contribution is 2.29. The van der Waals surface area contributed by atoms with Crippen LogP contribution in [0, 0.1) is 0 Å². The van der Waals surface area contributed by atoms with Crippen molar-refractivity contribution in [3.63, 3.8) is 0 Å². The third-order valence-corrected chi connectivity index (χ3v) is 2.89. The Hall–Kier alpha value is -1.76. The minimum absolute atomic E-state index is 0.0541. The average Bonchev–Trinajstić information content (AvgIpc) is 2.35. The number of alkyl halides is 3. The fraction of sp³-hybridized carbons (Fsp3) is 0.462. The van der Waals surface area contributed by atoms with Crippen molar-refractivity contribution in [2.45, 2.75) is 25.2 Å². The van der Waals surface area contributed by atoms with Gasteiger partial charge in [-0.15, -0.1) is 0 Å². The predicted molar refractivity (Wildman–Crippen MR) is 66.6 cm³/mol. The van der Waals surface area contributed by atoms with Gasteiger partial charge in [0.2, 0.25) is 0 Å². The van der Waals surface area contributed by atoms with E-state index in [0.717, 1.165) is 4.90 Å². The molecule has 112 valence electrons. The summed E-state index contributed by atoms with van der Waals surface area (Å²) in [6, 6.07) is 4.64. The van der Waals surface area contributed by atoms with Gasteiger partial charge >= 0.3 is 12.1 Å². The molecule has 0 radical (unpaired) electrons. The molecule has 1 unspecified atom stereocenters. The van der Waals surface area contributed by atoms with Crippen LogP contribution in [0.25, 0.3) is 0 Å². The number of methoxy groups -OCH3 is 1. The summed E-state index contributed by atoms with van der Waals surface area (Å²) in [6.45, 7) is -0.0541. The summed E-state index contributed by atoms with van der Waals surface area (Å²) in [5, 5.41) is 8.61. The van der Waals surface area contributed by atoms with Crippen molar-refractivity contribution in [1.29, 1.82) is 0 Å². The SMILES string of the molecule is COc1ccccc1CN(C)C(CC(=O)O)C(F)(F)F. The van der Waals surface area contributed by atoms with Crippen LogP contribution in [-0.2, 0) is 11.3 Å². The number of halogens is 3. The Bertz CT molecular complexity index is 462. The molecule has 0 heterocycles. The van der Waals surface area contributed by atoms with E-state index in [2.05, 4.69) is 0 Å². The molecule has 0 spiro atoms. The molecule has 0 amide bonds. The highest BCUT2D eigenvalue weighted by molar-refractivity contribution is 5.67. The number of carbonyl (C=O) groups is 1. The number of hydrogen-bond acceptors (Lipinski definition) is 3. The lowest BCUT2D eigenvalue weighted by Crippen LogP contribution is -2.44. The summed E-state index contributed by atoms with van der Waals surface area (Å²) >= 11 is 0. The number of rotatable bonds is 6. The molecule has 1 N–H and O–H groups in total. The molecule has 20 heavy (non-hydrogen) atoms. The number of para-hydroxylation sites is 1. The van der Waals surface area contributed by atoms with Crippen LogP contribution in [0.3, 0.4) is 0 Å². The Balaban J connectivity index is 2.90. The first-order chi connectivity index (χ1) is 9.25. The predicted octanol–water partition coefficient (Wildman–Crippen LogP) is 2.53. The van der Waals surface area contributed by atoms with Crippen LogP contribution in [0.15, 0.2) is 24.3 Å². The molecule has 0 saturated carbocycles. The molecule has 0 saturated heterocycles. The second kappa shape index (κ2) is 6.60. The lowest BCUT2D eigenvalue weighted by molar-refractivity contribution is -0.188. The summed E-state index contributed by atoms with van der Waals surface area (Å²) in [7, 11) is 2.67. The first-order valence-electron chi connectivity index (χ1n) is 5.86. The molecule has 1 aromatic carbocycles.